The molecule has 0 bridgehead atoms. The zero-order valence-electron chi connectivity index (χ0n) is 21.3. The summed E-state index contributed by atoms with van der Waals surface area (Å²) < 4.78 is 14.2. The summed E-state index contributed by atoms with van der Waals surface area (Å²) in [5, 5.41) is 10.7. The van der Waals surface area contributed by atoms with E-state index in [4.69, 9.17) is 9.47 Å². The number of aromatic nitrogens is 6. The van der Waals surface area contributed by atoms with Crippen molar-refractivity contribution in [3.8, 4) is 28.6 Å². The van der Waals surface area contributed by atoms with Crippen molar-refractivity contribution in [3.05, 3.63) is 84.8 Å². The molecule has 0 aliphatic heterocycles. The lowest BCUT2D eigenvalue weighted by Gasteiger charge is -2.10. The molecule has 192 valence electrons. The zero-order valence-corrected chi connectivity index (χ0v) is 21.3. The summed E-state index contributed by atoms with van der Waals surface area (Å²) in [4.78, 5) is 25.9. The van der Waals surface area contributed by atoms with E-state index in [-0.39, 0.29) is 5.91 Å². The molecule has 11 heteroatoms. The minimum atomic E-state index is -0.287. The van der Waals surface area contributed by atoms with Crippen molar-refractivity contribution in [1.29, 1.82) is 0 Å². The standard InChI is InChI=1S/C27H26N8O3/c1-17-28-11-12-35(17)26-15-25(29-16-30-26)31-18-5-7-19(8-6-18)32-27(36)23-14-22(33-34(23)2)21-13-20(37-3)9-10-24(21)38-4/h5-16H,1-4H3,(H,32,36)(H,29,30,31). The predicted octanol–water partition coefficient (Wildman–Crippen LogP) is 4.38. The molecule has 38 heavy (non-hydrogen) atoms. The van der Waals surface area contributed by atoms with Crippen LogP contribution in [0, 0.1) is 6.92 Å². The highest BCUT2D eigenvalue weighted by molar-refractivity contribution is 6.03. The van der Waals surface area contributed by atoms with Gasteiger partial charge in [0, 0.05) is 42.4 Å². The molecule has 0 saturated heterocycles. The Hall–Kier alpha value is -5.19. The second-order valence-electron chi connectivity index (χ2n) is 8.37. The van der Waals surface area contributed by atoms with Gasteiger partial charge < -0.3 is 20.1 Å². The van der Waals surface area contributed by atoms with Gasteiger partial charge in [-0.25, -0.2) is 15.0 Å². The first kappa shape index (κ1) is 24.5. The van der Waals surface area contributed by atoms with E-state index in [1.54, 1.807) is 39.6 Å². The molecule has 0 fully saturated rings. The lowest BCUT2D eigenvalue weighted by atomic mass is 10.1. The van der Waals surface area contributed by atoms with Crippen molar-refractivity contribution in [2.75, 3.05) is 24.9 Å². The summed E-state index contributed by atoms with van der Waals surface area (Å²) in [6.07, 6.45) is 5.06. The minimum absolute atomic E-state index is 0.287. The van der Waals surface area contributed by atoms with Crippen LogP contribution in [0.2, 0.25) is 0 Å². The first-order valence-electron chi connectivity index (χ1n) is 11.7. The van der Waals surface area contributed by atoms with Gasteiger partial charge in [-0.3, -0.25) is 14.0 Å². The van der Waals surface area contributed by atoms with Crippen LogP contribution in [0.15, 0.2) is 73.3 Å². The second kappa shape index (κ2) is 10.4. The molecular formula is C27H26N8O3. The Kier molecular flexibility index (Phi) is 6.72. The molecule has 1 amide bonds. The molecule has 5 aromatic rings. The number of anilines is 3. The highest BCUT2D eigenvalue weighted by Gasteiger charge is 2.18. The summed E-state index contributed by atoms with van der Waals surface area (Å²) in [6.45, 7) is 1.91. The first-order chi connectivity index (χ1) is 18.4. The Bertz CT molecular complexity index is 1590. The van der Waals surface area contributed by atoms with Gasteiger partial charge in [-0.1, -0.05) is 0 Å². The number of aryl methyl sites for hydroxylation is 2. The molecule has 2 N–H and O–H groups in total. The number of carbonyl (C=O) groups excluding carboxylic acids is 1. The van der Waals surface area contributed by atoms with Crippen LogP contribution in [-0.2, 0) is 7.05 Å². The predicted molar refractivity (Wildman–Crippen MR) is 143 cm³/mol. The first-order valence-corrected chi connectivity index (χ1v) is 11.7. The Morgan fingerprint density at radius 2 is 1.71 bits per heavy atom. The number of hydrogen-bond acceptors (Lipinski definition) is 8. The van der Waals surface area contributed by atoms with Gasteiger partial charge in [-0.15, -0.1) is 0 Å². The molecule has 0 aliphatic rings. The Labute approximate surface area is 219 Å². The summed E-state index contributed by atoms with van der Waals surface area (Å²) in [5.41, 5.74) is 3.18. The van der Waals surface area contributed by atoms with E-state index in [2.05, 4.69) is 30.7 Å². The normalized spacial score (nSPS) is 10.7. The lowest BCUT2D eigenvalue weighted by Crippen LogP contribution is -2.16. The van der Waals surface area contributed by atoms with Gasteiger partial charge in [0.15, 0.2) is 0 Å². The number of methoxy groups -OCH3 is 2. The summed E-state index contributed by atoms with van der Waals surface area (Å²) in [5.74, 6) is 3.19. The maximum absolute atomic E-state index is 13.0. The van der Waals surface area contributed by atoms with E-state index < -0.39 is 0 Å². The number of nitrogens with one attached hydrogen (secondary N) is 2. The van der Waals surface area contributed by atoms with Gasteiger partial charge in [-0.05, 0) is 55.5 Å². The molecule has 3 heterocycles. The SMILES string of the molecule is COc1ccc(OC)c(-c2cc(C(=O)Nc3ccc(Nc4cc(-n5ccnc5C)ncn4)cc3)n(C)n2)c1. The Morgan fingerprint density at radius 3 is 2.42 bits per heavy atom. The molecule has 11 nitrogen and oxygen atoms in total. The van der Waals surface area contributed by atoms with Crippen molar-refractivity contribution < 1.29 is 14.3 Å². The number of nitrogens with zero attached hydrogens (tertiary/aromatic N) is 6. The van der Waals surface area contributed by atoms with Crippen LogP contribution >= 0.6 is 0 Å². The fraction of sp³-hybridized carbons (Fsp3) is 0.148. The van der Waals surface area contributed by atoms with E-state index in [1.165, 1.54) is 11.0 Å². The maximum atomic E-state index is 13.0. The van der Waals surface area contributed by atoms with E-state index in [9.17, 15) is 4.79 Å². The highest BCUT2D eigenvalue weighted by atomic mass is 16.5. The van der Waals surface area contributed by atoms with E-state index >= 15 is 0 Å². The molecule has 2 aromatic carbocycles. The number of rotatable bonds is 8. The summed E-state index contributed by atoms with van der Waals surface area (Å²) in [6, 6.07) is 16.3. The third kappa shape index (κ3) is 5.03. The van der Waals surface area contributed by atoms with Crippen LogP contribution < -0.4 is 20.1 Å². The quantitative estimate of drug-likeness (QED) is 0.315. The van der Waals surface area contributed by atoms with Crippen LogP contribution in [0.3, 0.4) is 0 Å². The Balaban J connectivity index is 1.29. The highest BCUT2D eigenvalue weighted by Crippen LogP contribution is 2.33. The van der Waals surface area contributed by atoms with Crippen LogP contribution in [-0.4, -0.2) is 49.4 Å². The average molecular weight is 511 g/mol. The largest absolute Gasteiger partial charge is 0.497 e. The maximum Gasteiger partial charge on any atom is 0.273 e. The molecule has 0 unspecified atom stereocenters. The lowest BCUT2D eigenvalue weighted by molar-refractivity contribution is 0.101. The average Bonchev–Trinajstić information content (AvgIpc) is 3.54. The van der Waals surface area contributed by atoms with Crippen molar-refractivity contribution in [1.82, 2.24) is 29.3 Å². The van der Waals surface area contributed by atoms with Crippen molar-refractivity contribution in [2.24, 2.45) is 7.05 Å². The number of amides is 1. The minimum Gasteiger partial charge on any atom is -0.497 e. The van der Waals surface area contributed by atoms with E-state index in [0.717, 1.165) is 17.1 Å². The van der Waals surface area contributed by atoms with Crippen LogP contribution in [0.4, 0.5) is 17.2 Å². The second-order valence-corrected chi connectivity index (χ2v) is 8.37. The van der Waals surface area contributed by atoms with E-state index in [1.807, 2.05) is 60.2 Å². The molecule has 0 aliphatic carbocycles. The van der Waals surface area contributed by atoms with Gasteiger partial charge >= 0.3 is 0 Å². The monoisotopic (exact) mass is 510 g/mol. The third-order valence-corrected chi connectivity index (χ3v) is 5.94. The number of ether oxygens (including phenoxy) is 2. The van der Waals surface area contributed by atoms with Crippen molar-refractivity contribution >= 4 is 23.1 Å². The van der Waals surface area contributed by atoms with Crippen LogP contribution in [0.25, 0.3) is 17.1 Å². The third-order valence-electron chi connectivity index (χ3n) is 5.94. The molecule has 0 radical (unpaired) electrons. The molecule has 3 aromatic heterocycles. The zero-order chi connectivity index (χ0) is 26.6. The summed E-state index contributed by atoms with van der Waals surface area (Å²) in [7, 11) is 4.90. The number of carbonyl (C=O) groups is 1. The molecule has 0 atom stereocenters. The van der Waals surface area contributed by atoms with Gasteiger partial charge in [0.1, 0.15) is 41.0 Å². The topological polar surface area (TPSA) is 121 Å². The fourth-order valence-corrected chi connectivity index (χ4v) is 3.97. The molecule has 5 rings (SSSR count). The molecule has 0 spiro atoms. The van der Waals surface area contributed by atoms with E-state index in [0.29, 0.717) is 40.2 Å². The van der Waals surface area contributed by atoms with Crippen molar-refractivity contribution in [2.45, 2.75) is 6.92 Å². The smallest absolute Gasteiger partial charge is 0.273 e. The molecular weight excluding hydrogens is 484 g/mol. The van der Waals surface area contributed by atoms with Gasteiger partial charge in [0.2, 0.25) is 0 Å². The van der Waals surface area contributed by atoms with Crippen molar-refractivity contribution in [3.63, 3.8) is 0 Å². The number of imidazole rings is 1. The molecule has 0 saturated carbocycles. The number of hydrogen-bond donors (Lipinski definition) is 2. The van der Waals surface area contributed by atoms with Gasteiger partial charge in [0.05, 0.1) is 19.9 Å². The Morgan fingerprint density at radius 1 is 0.921 bits per heavy atom. The number of benzene rings is 2. The van der Waals surface area contributed by atoms with Crippen LogP contribution in [0.5, 0.6) is 11.5 Å². The van der Waals surface area contributed by atoms with Gasteiger partial charge in [0.25, 0.3) is 5.91 Å². The van der Waals surface area contributed by atoms with Gasteiger partial charge in [-0.2, -0.15) is 5.10 Å². The summed E-state index contributed by atoms with van der Waals surface area (Å²) >= 11 is 0. The fourth-order valence-electron chi connectivity index (χ4n) is 3.97. The van der Waals surface area contributed by atoms with Crippen LogP contribution in [0.1, 0.15) is 16.3 Å².